The molecule has 0 radical (unpaired) electrons. The van der Waals surface area contributed by atoms with Gasteiger partial charge in [0.2, 0.25) is 5.91 Å². The molecule has 19 heavy (non-hydrogen) atoms. The van der Waals surface area contributed by atoms with Crippen LogP contribution in [0.15, 0.2) is 24.3 Å². The van der Waals surface area contributed by atoms with E-state index in [0.29, 0.717) is 18.7 Å². The van der Waals surface area contributed by atoms with E-state index in [1.165, 1.54) is 12.1 Å². The molecule has 1 heterocycles. The van der Waals surface area contributed by atoms with Gasteiger partial charge >= 0.3 is 0 Å². The first-order valence-electron chi connectivity index (χ1n) is 6.39. The molecule has 1 atom stereocenters. The Morgan fingerprint density at radius 3 is 2.89 bits per heavy atom. The van der Waals surface area contributed by atoms with E-state index in [4.69, 9.17) is 5.11 Å². The van der Waals surface area contributed by atoms with E-state index in [-0.39, 0.29) is 23.9 Å². The molecule has 0 aromatic heterocycles. The van der Waals surface area contributed by atoms with Crippen molar-refractivity contribution in [3.05, 3.63) is 30.1 Å². The van der Waals surface area contributed by atoms with E-state index in [0.717, 1.165) is 0 Å². The Balaban J connectivity index is 2.42. The van der Waals surface area contributed by atoms with E-state index in [2.05, 4.69) is 5.32 Å². The largest absolute Gasteiger partial charge is 0.396 e. The van der Waals surface area contributed by atoms with Gasteiger partial charge in [0.15, 0.2) is 0 Å². The number of aliphatic hydroxyl groups is 1. The number of amides is 1. The highest BCUT2D eigenvalue weighted by Gasteiger charge is 2.40. The molecule has 1 aromatic rings. The van der Waals surface area contributed by atoms with Crippen molar-refractivity contribution in [1.29, 1.82) is 0 Å². The average Bonchev–Trinajstić information content (AvgIpc) is 2.34. The Bertz CT molecular complexity index is 476. The summed E-state index contributed by atoms with van der Waals surface area (Å²) in [5, 5.41) is 12.0. The van der Waals surface area contributed by atoms with Gasteiger partial charge in [-0.15, -0.1) is 0 Å². The summed E-state index contributed by atoms with van der Waals surface area (Å²) in [5.74, 6) is -0.459. The Hall–Kier alpha value is -1.62. The van der Waals surface area contributed by atoms with Gasteiger partial charge in [0.05, 0.1) is 5.54 Å². The molecule has 0 bridgehead atoms. The first-order chi connectivity index (χ1) is 8.95. The lowest BCUT2D eigenvalue weighted by Crippen LogP contribution is -2.66. The van der Waals surface area contributed by atoms with Crippen LogP contribution < -0.4 is 10.2 Å². The Morgan fingerprint density at radius 2 is 2.26 bits per heavy atom. The van der Waals surface area contributed by atoms with Gasteiger partial charge in [-0.2, -0.15) is 0 Å². The van der Waals surface area contributed by atoms with Crippen LogP contribution in [0.5, 0.6) is 0 Å². The van der Waals surface area contributed by atoms with Crippen LogP contribution in [0.3, 0.4) is 0 Å². The van der Waals surface area contributed by atoms with Gasteiger partial charge in [-0.3, -0.25) is 4.79 Å². The number of halogens is 1. The fourth-order valence-corrected chi connectivity index (χ4v) is 2.58. The third-order valence-electron chi connectivity index (χ3n) is 3.45. The van der Waals surface area contributed by atoms with Gasteiger partial charge in [-0.25, -0.2) is 4.39 Å². The summed E-state index contributed by atoms with van der Waals surface area (Å²) in [6, 6.07) is 5.74. The van der Waals surface area contributed by atoms with Crippen molar-refractivity contribution in [2.75, 3.05) is 18.1 Å². The van der Waals surface area contributed by atoms with Gasteiger partial charge in [0.25, 0.3) is 0 Å². The van der Waals surface area contributed by atoms with Crippen LogP contribution in [-0.2, 0) is 4.79 Å². The lowest BCUT2D eigenvalue weighted by Gasteiger charge is -2.48. The summed E-state index contributed by atoms with van der Waals surface area (Å²) < 4.78 is 13.4. The zero-order valence-corrected chi connectivity index (χ0v) is 11.2. The summed E-state index contributed by atoms with van der Waals surface area (Å²) >= 11 is 0. The zero-order chi connectivity index (χ0) is 14.0. The van der Waals surface area contributed by atoms with E-state index >= 15 is 0 Å². The minimum Gasteiger partial charge on any atom is -0.396 e. The van der Waals surface area contributed by atoms with Crippen molar-refractivity contribution in [2.24, 2.45) is 0 Å². The fraction of sp³-hybridized carbons (Fsp3) is 0.500. The van der Waals surface area contributed by atoms with Gasteiger partial charge in [0.1, 0.15) is 11.9 Å². The summed E-state index contributed by atoms with van der Waals surface area (Å²) in [4.78, 5) is 13.9. The molecule has 104 valence electrons. The van der Waals surface area contributed by atoms with Gasteiger partial charge in [-0.05, 0) is 38.5 Å². The van der Waals surface area contributed by atoms with Crippen LogP contribution in [0.25, 0.3) is 0 Å². The number of rotatable bonds is 3. The summed E-state index contributed by atoms with van der Waals surface area (Å²) in [6.07, 6.45) is 0.325. The van der Waals surface area contributed by atoms with Crippen LogP contribution in [0.2, 0.25) is 0 Å². The van der Waals surface area contributed by atoms with E-state index in [9.17, 15) is 9.18 Å². The second kappa shape index (κ2) is 5.17. The number of carbonyl (C=O) groups is 1. The van der Waals surface area contributed by atoms with Crippen LogP contribution in [-0.4, -0.2) is 35.7 Å². The lowest BCUT2D eigenvalue weighted by atomic mass is 9.93. The minimum absolute atomic E-state index is 0.0834. The molecule has 1 saturated heterocycles. The topological polar surface area (TPSA) is 52.6 Å². The summed E-state index contributed by atoms with van der Waals surface area (Å²) in [6.45, 7) is 4.38. The quantitative estimate of drug-likeness (QED) is 0.867. The molecule has 1 amide bonds. The number of anilines is 1. The molecular formula is C14H19FN2O2. The number of hydrogen-bond donors (Lipinski definition) is 2. The molecule has 1 unspecified atom stereocenters. The smallest absolute Gasteiger partial charge is 0.242 e. The Kier molecular flexibility index (Phi) is 3.75. The van der Waals surface area contributed by atoms with Crippen LogP contribution >= 0.6 is 0 Å². The summed E-state index contributed by atoms with van der Waals surface area (Å²) in [5.41, 5.74) is 0.333. The second-order valence-electron chi connectivity index (χ2n) is 5.41. The average molecular weight is 266 g/mol. The maximum absolute atomic E-state index is 13.4. The van der Waals surface area contributed by atoms with Crippen molar-refractivity contribution in [3.63, 3.8) is 0 Å². The number of carbonyl (C=O) groups excluding carboxylic acids is 1. The molecule has 1 aromatic carbocycles. The zero-order valence-electron chi connectivity index (χ0n) is 11.2. The monoisotopic (exact) mass is 266 g/mol. The first kappa shape index (κ1) is 13.8. The van der Waals surface area contributed by atoms with E-state index < -0.39 is 6.04 Å². The molecule has 0 saturated carbocycles. The van der Waals surface area contributed by atoms with Gasteiger partial charge in [0, 0.05) is 18.8 Å². The number of hydrogen-bond acceptors (Lipinski definition) is 3. The van der Waals surface area contributed by atoms with Crippen molar-refractivity contribution in [3.8, 4) is 0 Å². The third kappa shape index (κ3) is 2.71. The molecule has 1 aliphatic heterocycles. The maximum Gasteiger partial charge on any atom is 0.242 e. The van der Waals surface area contributed by atoms with Crippen LogP contribution in [0.4, 0.5) is 10.1 Å². The fourth-order valence-electron chi connectivity index (χ4n) is 2.58. The number of benzene rings is 1. The number of aliphatic hydroxyl groups excluding tert-OH is 1. The Morgan fingerprint density at radius 1 is 1.53 bits per heavy atom. The number of nitrogens with one attached hydrogen (secondary N) is 1. The van der Waals surface area contributed by atoms with E-state index in [1.54, 1.807) is 12.1 Å². The maximum atomic E-state index is 13.4. The van der Waals surface area contributed by atoms with Gasteiger partial charge < -0.3 is 15.3 Å². The highest BCUT2D eigenvalue weighted by atomic mass is 19.1. The van der Waals surface area contributed by atoms with Crippen LogP contribution in [0.1, 0.15) is 20.3 Å². The predicted octanol–water partition coefficient (Wildman–Crippen LogP) is 1.29. The minimum atomic E-state index is -0.476. The highest BCUT2D eigenvalue weighted by molar-refractivity contribution is 5.87. The van der Waals surface area contributed by atoms with Crippen molar-refractivity contribution in [1.82, 2.24) is 5.32 Å². The molecule has 0 spiro atoms. The molecule has 2 rings (SSSR count). The number of nitrogens with zero attached hydrogens (tertiary/aromatic N) is 1. The number of piperazine rings is 1. The van der Waals surface area contributed by atoms with Crippen molar-refractivity contribution >= 4 is 11.6 Å². The normalized spacial score (nSPS) is 22.2. The van der Waals surface area contributed by atoms with Crippen molar-refractivity contribution in [2.45, 2.75) is 31.8 Å². The summed E-state index contributed by atoms with van der Waals surface area (Å²) in [7, 11) is 0. The van der Waals surface area contributed by atoms with Gasteiger partial charge in [-0.1, -0.05) is 6.07 Å². The SMILES string of the molecule is CC1(C)CNC(=O)C(CCO)N1c1cccc(F)c1. The third-order valence-corrected chi connectivity index (χ3v) is 3.45. The van der Waals surface area contributed by atoms with Crippen LogP contribution in [0, 0.1) is 5.82 Å². The molecule has 0 aliphatic carbocycles. The molecule has 5 heteroatoms. The van der Waals surface area contributed by atoms with E-state index in [1.807, 2.05) is 18.7 Å². The first-order valence-corrected chi connectivity index (χ1v) is 6.39. The molecule has 4 nitrogen and oxygen atoms in total. The molecule has 1 fully saturated rings. The molecular weight excluding hydrogens is 247 g/mol. The standard InChI is InChI=1S/C14H19FN2O2/c1-14(2)9-16-13(19)12(6-7-18)17(14)11-5-3-4-10(15)8-11/h3-5,8,12,18H,6-7,9H2,1-2H3,(H,16,19). The van der Waals surface area contributed by atoms with Crippen molar-refractivity contribution < 1.29 is 14.3 Å². The molecule has 1 aliphatic rings. The highest BCUT2D eigenvalue weighted by Crippen LogP contribution is 2.30. The Labute approximate surface area is 112 Å². The molecule has 2 N–H and O–H groups in total. The second-order valence-corrected chi connectivity index (χ2v) is 5.41. The predicted molar refractivity (Wildman–Crippen MR) is 71.5 cm³/mol. The lowest BCUT2D eigenvalue weighted by molar-refractivity contribution is -0.124.